The van der Waals surface area contributed by atoms with Gasteiger partial charge in [-0.2, -0.15) is 4.89 Å². The van der Waals surface area contributed by atoms with Gasteiger partial charge in [-0.05, 0) is 39.2 Å². The molecule has 2 rings (SSSR count). The maximum atomic E-state index is 12.2. The van der Waals surface area contributed by atoms with E-state index in [-0.39, 0.29) is 5.97 Å². The van der Waals surface area contributed by atoms with E-state index in [0.29, 0.717) is 0 Å². The van der Waals surface area contributed by atoms with Gasteiger partial charge in [-0.3, -0.25) is 4.89 Å². The fourth-order valence-corrected chi connectivity index (χ4v) is 2.14. The molecule has 0 saturated heterocycles. The van der Waals surface area contributed by atoms with Gasteiger partial charge in [-0.15, -0.1) is 0 Å². The van der Waals surface area contributed by atoms with Crippen molar-refractivity contribution in [2.45, 2.75) is 51.0 Å². The summed E-state index contributed by atoms with van der Waals surface area (Å²) in [6.07, 6.45) is 2.73. The molecule has 0 bridgehead atoms. The molecule has 0 unspecified atom stereocenters. The molecule has 3 heteroatoms. The maximum absolute atomic E-state index is 12.2. The molecular formula is C15H20O3. The Labute approximate surface area is 108 Å². The van der Waals surface area contributed by atoms with Crippen molar-refractivity contribution in [1.82, 2.24) is 0 Å². The molecule has 1 aromatic carbocycles. The molecule has 0 N–H and O–H groups in total. The van der Waals surface area contributed by atoms with E-state index >= 15 is 0 Å². The molecule has 3 nitrogen and oxygen atoms in total. The van der Waals surface area contributed by atoms with E-state index < -0.39 is 11.0 Å². The molecule has 1 aromatic rings. The highest BCUT2D eigenvalue weighted by atomic mass is 17.2. The molecule has 0 amide bonds. The molecule has 0 heterocycles. The molecule has 0 aromatic heterocycles. The predicted octanol–water partition coefficient (Wildman–Crippen LogP) is 3.38. The highest BCUT2D eigenvalue weighted by molar-refractivity contribution is 5.84. The summed E-state index contributed by atoms with van der Waals surface area (Å²) in [5.41, 5.74) is 0.0582. The number of carbonyl (C=O) groups excluding carboxylic acids is 1. The number of benzene rings is 1. The highest BCUT2D eigenvalue weighted by Crippen LogP contribution is 2.44. The van der Waals surface area contributed by atoms with Crippen molar-refractivity contribution in [2.75, 3.05) is 0 Å². The minimum Gasteiger partial charge on any atom is -0.297 e. The van der Waals surface area contributed by atoms with Crippen LogP contribution in [0.5, 0.6) is 0 Å². The van der Waals surface area contributed by atoms with Crippen LogP contribution in [0.3, 0.4) is 0 Å². The van der Waals surface area contributed by atoms with Gasteiger partial charge in [0.15, 0.2) is 0 Å². The molecule has 1 aliphatic rings. The third-order valence-electron chi connectivity index (χ3n) is 3.29. The minimum absolute atomic E-state index is 0.269. The SMILES string of the molecule is CC(C)(C)OOC(=O)C1(c2ccccc2)CCC1. The second kappa shape index (κ2) is 4.73. The Balaban J connectivity index is 2.11. The van der Waals surface area contributed by atoms with Gasteiger partial charge < -0.3 is 0 Å². The smallest absolute Gasteiger partial charge is 0.297 e. The summed E-state index contributed by atoms with van der Waals surface area (Å²) in [6.45, 7) is 5.57. The van der Waals surface area contributed by atoms with Gasteiger partial charge in [0.1, 0.15) is 5.60 Å². The van der Waals surface area contributed by atoms with E-state index in [1.807, 2.05) is 51.1 Å². The Morgan fingerprint density at radius 2 is 1.78 bits per heavy atom. The van der Waals surface area contributed by atoms with Gasteiger partial charge in [0, 0.05) is 0 Å². The van der Waals surface area contributed by atoms with E-state index in [1.54, 1.807) is 0 Å². The molecule has 0 radical (unpaired) electrons. The maximum Gasteiger partial charge on any atom is 0.352 e. The van der Waals surface area contributed by atoms with Crippen LogP contribution >= 0.6 is 0 Å². The van der Waals surface area contributed by atoms with Crippen molar-refractivity contribution >= 4 is 5.97 Å². The van der Waals surface area contributed by atoms with Gasteiger partial charge in [0.2, 0.25) is 0 Å². The van der Waals surface area contributed by atoms with Crippen LogP contribution in [0.2, 0.25) is 0 Å². The van der Waals surface area contributed by atoms with Crippen molar-refractivity contribution in [3.8, 4) is 0 Å². The number of hydrogen-bond acceptors (Lipinski definition) is 3. The molecule has 0 aliphatic heterocycles. The van der Waals surface area contributed by atoms with Gasteiger partial charge in [0.25, 0.3) is 0 Å². The summed E-state index contributed by atoms with van der Waals surface area (Å²) in [5, 5.41) is 0. The van der Waals surface area contributed by atoms with Crippen LogP contribution < -0.4 is 0 Å². The molecule has 0 spiro atoms. The second-order valence-electron chi connectivity index (χ2n) is 5.87. The number of rotatable bonds is 3. The lowest BCUT2D eigenvalue weighted by atomic mass is 9.64. The molecule has 18 heavy (non-hydrogen) atoms. The standard InChI is InChI=1S/C15H20O3/c1-14(2,3)18-17-13(16)15(10-7-11-15)12-8-5-4-6-9-12/h4-6,8-9H,7,10-11H2,1-3H3. The molecule has 98 valence electrons. The van der Waals surface area contributed by atoms with Crippen LogP contribution in [0.15, 0.2) is 30.3 Å². The number of carbonyl (C=O) groups is 1. The average molecular weight is 248 g/mol. The first-order valence-corrected chi connectivity index (χ1v) is 6.40. The Bertz CT molecular complexity index is 413. The van der Waals surface area contributed by atoms with Crippen LogP contribution in [-0.2, 0) is 20.0 Å². The van der Waals surface area contributed by atoms with E-state index in [0.717, 1.165) is 24.8 Å². The highest BCUT2D eigenvalue weighted by Gasteiger charge is 2.48. The molecule has 1 aliphatic carbocycles. The summed E-state index contributed by atoms with van der Waals surface area (Å²) in [7, 11) is 0. The van der Waals surface area contributed by atoms with Crippen molar-refractivity contribution in [1.29, 1.82) is 0 Å². The lowest BCUT2D eigenvalue weighted by Gasteiger charge is -2.39. The Kier molecular flexibility index (Phi) is 3.44. The van der Waals surface area contributed by atoms with Crippen molar-refractivity contribution < 1.29 is 14.6 Å². The van der Waals surface area contributed by atoms with Crippen molar-refractivity contribution in [2.24, 2.45) is 0 Å². The summed E-state index contributed by atoms with van der Waals surface area (Å²) in [6, 6.07) is 9.82. The van der Waals surface area contributed by atoms with Crippen molar-refractivity contribution in [3.05, 3.63) is 35.9 Å². The minimum atomic E-state index is -0.494. The summed E-state index contributed by atoms with van der Waals surface area (Å²) >= 11 is 0. The first kappa shape index (κ1) is 13.1. The van der Waals surface area contributed by atoms with Crippen LogP contribution in [0, 0.1) is 0 Å². The Morgan fingerprint density at radius 3 is 2.22 bits per heavy atom. The normalized spacial score (nSPS) is 17.9. The van der Waals surface area contributed by atoms with E-state index in [2.05, 4.69) is 0 Å². The Morgan fingerprint density at radius 1 is 1.17 bits per heavy atom. The largest absolute Gasteiger partial charge is 0.352 e. The monoisotopic (exact) mass is 248 g/mol. The fraction of sp³-hybridized carbons (Fsp3) is 0.533. The van der Waals surface area contributed by atoms with E-state index in [1.165, 1.54) is 0 Å². The lowest BCUT2D eigenvalue weighted by molar-refractivity contribution is -0.325. The summed E-state index contributed by atoms with van der Waals surface area (Å²) in [4.78, 5) is 22.4. The topological polar surface area (TPSA) is 35.5 Å². The molecule has 1 fully saturated rings. The zero-order valence-corrected chi connectivity index (χ0v) is 11.2. The van der Waals surface area contributed by atoms with Crippen LogP contribution in [0.25, 0.3) is 0 Å². The van der Waals surface area contributed by atoms with Gasteiger partial charge in [-0.1, -0.05) is 36.8 Å². The van der Waals surface area contributed by atoms with Crippen LogP contribution in [0.1, 0.15) is 45.6 Å². The van der Waals surface area contributed by atoms with Crippen LogP contribution in [0.4, 0.5) is 0 Å². The second-order valence-corrected chi connectivity index (χ2v) is 5.87. The van der Waals surface area contributed by atoms with Crippen LogP contribution in [-0.4, -0.2) is 11.6 Å². The van der Waals surface area contributed by atoms with Gasteiger partial charge >= 0.3 is 5.97 Å². The van der Waals surface area contributed by atoms with Gasteiger partial charge in [0.05, 0.1) is 5.41 Å². The third kappa shape index (κ3) is 2.56. The summed E-state index contributed by atoms with van der Waals surface area (Å²) < 4.78 is 0. The lowest BCUT2D eigenvalue weighted by Crippen LogP contribution is -2.44. The van der Waals surface area contributed by atoms with E-state index in [9.17, 15) is 4.79 Å². The van der Waals surface area contributed by atoms with E-state index in [4.69, 9.17) is 9.78 Å². The molecule has 0 atom stereocenters. The first-order chi connectivity index (χ1) is 8.44. The molecule has 1 saturated carbocycles. The summed E-state index contributed by atoms with van der Waals surface area (Å²) in [5.74, 6) is -0.269. The van der Waals surface area contributed by atoms with Crippen molar-refractivity contribution in [3.63, 3.8) is 0 Å². The van der Waals surface area contributed by atoms with Gasteiger partial charge in [-0.25, -0.2) is 4.79 Å². The zero-order valence-electron chi connectivity index (χ0n) is 11.2. The fourth-order valence-electron chi connectivity index (χ4n) is 2.14. The predicted molar refractivity (Wildman–Crippen MR) is 68.9 cm³/mol. The zero-order chi connectivity index (χ0) is 13.2. The first-order valence-electron chi connectivity index (χ1n) is 6.40. The molecular weight excluding hydrogens is 228 g/mol. The third-order valence-corrected chi connectivity index (χ3v) is 3.29. The average Bonchev–Trinajstić information content (AvgIpc) is 2.25. The number of hydrogen-bond donors (Lipinski definition) is 0. The quantitative estimate of drug-likeness (QED) is 0.607. The Hall–Kier alpha value is -1.35.